The average molecular weight is 571 g/mol. The van der Waals surface area contributed by atoms with Crippen molar-refractivity contribution in [3.63, 3.8) is 0 Å². The molecule has 2 aromatic heterocycles. The van der Waals surface area contributed by atoms with Gasteiger partial charge in [-0.15, -0.1) is 0 Å². The summed E-state index contributed by atoms with van der Waals surface area (Å²) in [5.74, 6) is 0. The van der Waals surface area contributed by atoms with Crippen molar-refractivity contribution < 1.29 is 0 Å². The highest BCUT2D eigenvalue weighted by Gasteiger charge is 2.53. The van der Waals surface area contributed by atoms with Gasteiger partial charge in [0, 0.05) is 43.9 Å². The third-order valence-corrected chi connectivity index (χ3v) is 10.5. The molecular weight excluding hydrogens is 544 g/mol. The van der Waals surface area contributed by atoms with Gasteiger partial charge < -0.3 is 9.55 Å². The minimum Gasteiger partial charge on any atom is -0.354 e. The second kappa shape index (κ2) is 8.19. The summed E-state index contributed by atoms with van der Waals surface area (Å²) >= 11 is 0. The molecule has 1 N–H and O–H groups in total. The van der Waals surface area contributed by atoms with Crippen molar-refractivity contribution in [2.45, 2.75) is 5.41 Å². The molecule has 1 unspecified atom stereocenters. The number of benzene rings is 7. The molecule has 0 aliphatic heterocycles. The third-order valence-electron chi connectivity index (χ3n) is 10.5. The second-order valence-electron chi connectivity index (χ2n) is 12.5. The summed E-state index contributed by atoms with van der Waals surface area (Å²) in [5.41, 5.74) is 16.4. The predicted molar refractivity (Wildman–Crippen MR) is 186 cm³/mol. The topological polar surface area (TPSA) is 20.7 Å². The molecule has 2 aliphatic rings. The molecule has 9 aromatic rings. The van der Waals surface area contributed by atoms with Crippen molar-refractivity contribution in [3.05, 3.63) is 174 Å². The van der Waals surface area contributed by atoms with Crippen molar-refractivity contribution in [2.24, 2.45) is 0 Å². The Labute approximate surface area is 259 Å². The van der Waals surface area contributed by atoms with E-state index < -0.39 is 5.41 Å². The Bertz CT molecular complexity index is 2710. The average Bonchev–Trinajstić information content (AvgIpc) is 3.82. The number of fused-ring (bicyclic) bond motifs is 18. The minimum atomic E-state index is -0.421. The summed E-state index contributed by atoms with van der Waals surface area (Å²) in [6.45, 7) is 0. The molecule has 45 heavy (non-hydrogen) atoms. The summed E-state index contributed by atoms with van der Waals surface area (Å²) in [7, 11) is 0. The molecule has 0 amide bonds. The van der Waals surface area contributed by atoms with Crippen LogP contribution in [0.15, 0.2) is 152 Å². The van der Waals surface area contributed by atoms with Crippen LogP contribution < -0.4 is 0 Å². The van der Waals surface area contributed by atoms with Gasteiger partial charge >= 0.3 is 0 Å². The molecule has 2 heteroatoms. The molecule has 7 aromatic carbocycles. The first kappa shape index (κ1) is 23.6. The molecule has 0 saturated carbocycles. The Morgan fingerprint density at radius 3 is 1.82 bits per heavy atom. The van der Waals surface area contributed by atoms with Crippen LogP contribution in [-0.2, 0) is 5.41 Å². The van der Waals surface area contributed by atoms with Crippen LogP contribution in [0.4, 0.5) is 0 Å². The van der Waals surface area contributed by atoms with Crippen LogP contribution in [0.2, 0.25) is 0 Å². The smallest absolute Gasteiger partial charge is 0.0727 e. The predicted octanol–water partition coefficient (Wildman–Crippen LogP) is 10.8. The fourth-order valence-electron chi connectivity index (χ4n) is 8.93. The van der Waals surface area contributed by atoms with Crippen molar-refractivity contribution >= 4 is 43.6 Å². The maximum absolute atomic E-state index is 3.85. The first-order chi connectivity index (χ1) is 22.4. The van der Waals surface area contributed by atoms with E-state index in [0.717, 1.165) is 0 Å². The van der Waals surface area contributed by atoms with Gasteiger partial charge in [-0.2, -0.15) is 0 Å². The Morgan fingerprint density at radius 1 is 0.422 bits per heavy atom. The zero-order valence-corrected chi connectivity index (χ0v) is 24.4. The summed E-state index contributed by atoms with van der Waals surface area (Å²) in [6, 6.07) is 56.2. The quantitative estimate of drug-likeness (QED) is 0.203. The van der Waals surface area contributed by atoms with E-state index in [9.17, 15) is 0 Å². The van der Waals surface area contributed by atoms with Crippen molar-refractivity contribution in [1.29, 1.82) is 0 Å². The number of H-pyrrole nitrogens is 1. The van der Waals surface area contributed by atoms with Crippen LogP contribution in [0.1, 0.15) is 22.3 Å². The van der Waals surface area contributed by atoms with Gasteiger partial charge in [0.1, 0.15) is 0 Å². The molecule has 0 radical (unpaired) electrons. The number of para-hydroxylation sites is 3. The van der Waals surface area contributed by atoms with Gasteiger partial charge in [0.2, 0.25) is 0 Å². The lowest BCUT2D eigenvalue weighted by Crippen LogP contribution is -2.25. The molecule has 2 heterocycles. The summed E-state index contributed by atoms with van der Waals surface area (Å²) in [5, 5.41) is 5.12. The molecule has 0 saturated heterocycles. The summed E-state index contributed by atoms with van der Waals surface area (Å²) in [6.07, 6.45) is 0. The minimum absolute atomic E-state index is 0.421. The first-order valence-electron chi connectivity index (χ1n) is 15.7. The molecule has 11 rings (SSSR count). The number of hydrogen-bond donors (Lipinski definition) is 1. The standard InChI is InChI=1S/C43H26N2/c1-2-12-26(13-3-1)45-38-21-11-7-15-28(38)30-23-25-36-40(42(30)45)32-17-5-9-19-34(32)43(36)33-18-8-4-16-31(33)39-35(43)24-22-29-27-14-6-10-20-37(27)44-41(29)39/h1-25,44H. The zero-order valence-electron chi connectivity index (χ0n) is 24.4. The Hall–Kier alpha value is -5.86. The maximum Gasteiger partial charge on any atom is 0.0727 e. The van der Waals surface area contributed by atoms with Crippen molar-refractivity contribution in [1.82, 2.24) is 9.55 Å². The van der Waals surface area contributed by atoms with E-state index in [1.165, 1.54) is 93.8 Å². The second-order valence-corrected chi connectivity index (χ2v) is 12.5. The molecule has 0 fully saturated rings. The summed E-state index contributed by atoms with van der Waals surface area (Å²) < 4.78 is 2.49. The van der Waals surface area contributed by atoms with Gasteiger partial charge in [-0.05, 0) is 57.6 Å². The van der Waals surface area contributed by atoms with Crippen LogP contribution in [-0.4, -0.2) is 9.55 Å². The molecule has 1 spiro atoms. The Morgan fingerprint density at radius 2 is 1.02 bits per heavy atom. The van der Waals surface area contributed by atoms with E-state index in [1.54, 1.807) is 0 Å². The SMILES string of the molecule is c1ccc(-n2c3ccccc3c3ccc4c(c32)-c2ccccc2C42c3ccccc3-c3c2ccc2c3[nH]c3ccccc32)cc1. The highest BCUT2D eigenvalue weighted by atomic mass is 15.0. The van der Waals surface area contributed by atoms with Crippen molar-refractivity contribution in [3.8, 4) is 27.9 Å². The molecule has 2 nitrogen and oxygen atoms in total. The molecule has 2 aliphatic carbocycles. The van der Waals surface area contributed by atoms with Crippen LogP contribution in [0.25, 0.3) is 71.6 Å². The Kier molecular flexibility index (Phi) is 4.29. The highest BCUT2D eigenvalue weighted by Crippen LogP contribution is 2.65. The van der Waals surface area contributed by atoms with E-state index in [0.29, 0.717) is 0 Å². The third kappa shape index (κ3) is 2.69. The van der Waals surface area contributed by atoms with Crippen LogP contribution >= 0.6 is 0 Å². The molecule has 208 valence electrons. The van der Waals surface area contributed by atoms with Gasteiger partial charge in [0.25, 0.3) is 0 Å². The number of aromatic nitrogens is 2. The normalized spacial score (nSPS) is 16.1. The fourth-order valence-corrected chi connectivity index (χ4v) is 8.93. The van der Waals surface area contributed by atoms with Gasteiger partial charge in [-0.3, -0.25) is 0 Å². The van der Waals surface area contributed by atoms with Gasteiger partial charge in [0.15, 0.2) is 0 Å². The monoisotopic (exact) mass is 570 g/mol. The summed E-state index contributed by atoms with van der Waals surface area (Å²) in [4.78, 5) is 3.85. The van der Waals surface area contributed by atoms with Crippen LogP contribution in [0, 0.1) is 0 Å². The zero-order chi connectivity index (χ0) is 29.3. The van der Waals surface area contributed by atoms with Crippen LogP contribution in [0.3, 0.4) is 0 Å². The number of nitrogens with zero attached hydrogens (tertiary/aromatic N) is 1. The van der Waals surface area contributed by atoms with E-state index in [1.807, 2.05) is 0 Å². The number of nitrogens with one attached hydrogen (secondary N) is 1. The van der Waals surface area contributed by atoms with Gasteiger partial charge in [-0.25, -0.2) is 0 Å². The first-order valence-corrected chi connectivity index (χ1v) is 15.7. The highest BCUT2D eigenvalue weighted by molar-refractivity contribution is 6.18. The number of rotatable bonds is 1. The van der Waals surface area contributed by atoms with E-state index >= 15 is 0 Å². The van der Waals surface area contributed by atoms with Crippen molar-refractivity contribution in [2.75, 3.05) is 0 Å². The number of aromatic amines is 1. The largest absolute Gasteiger partial charge is 0.354 e. The lowest BCUT2D eigenvalue weighted by Gasteiger charge is -2.30. The lowest BCUT2D eigenvalue weighted by molar-refractivity contribution is 0.795. The lowest BCUT2D eigenvalue weighted by atomic mass is 9.70. The number of hydrogen-bond acceptors (Lipinski definition) is 0. The van der Waals surface area contributed by atoms with Gasteiger partial charge in [0.05, 0.1) is 22.0 Å². The molecule has 1 atom stereocenters. The van der Waals surface area contributed by atoms with Crippen LogP contribution in [0.5, 0.6) is 0 Å². The van der Waals surface area contributed by atoms with E-state index in [2.05, 4.69) is 161 Å². The van der Waals surface area contributed by atoms with Gasteiger partial charge in [-0.1, -0.05) is 127 Å². The molecular formula is C43H26N2. The maximum atomic E-state index is 3.85. The Balaban J connectivity index is 1.36. The molecule has 0 bridgehead atoms. The fraction of sp³-hybridized carbons (Fsp3) is 0.0233. The van der Waals surface area contributed by atoms with E-state index in [4.69, 9.17) is 0 Å². The van der Waals surface area contributed by atoms with E-state index in [-0.39, 0.29) is 0 Å².